The maximum Gasteiger partial charge on any atom is 0.246 e. The van der Waals surface area contributed by atoms with E-state index in [1.165, 1.54) is 0 Å². The third kappa shape index (κ3) is 3.79. The number of rotatable bonds is 6. The Morgan fingerprint density at radius 3 is 2.80 bits per heavy atom. The van der Waals surface area contributed by atoms with Gasteiger partial charge in [0.25, 0.3) is 0 Å². The van der Waals surface area contributed by atoms with Crippen LogP contribution in [-0.4, -0.2) is 29.7 Å². The molecular formula is C13H16N4O3. The number of ether oxygens (including phenoxy) is 1. The van der Waals surface area contributed by atoms with Crippen LogP contribution in [0.3, 0.4) is 0 Å². The molecule has 1 aromatic heterocycles. The summed E-state index contributed by atoms with van der Waals surface area (Å²) in [6, 6.07) is 7.62. The minimum absolute atomic E-state index is 0.0627. The predicted molar refractivity (Wildman–Crippen MR) is 71.0 cm³/mol. The van der Waals surface area contributed by atoms with E-state index in [-0.39, 0.29) is 19.0 Å². The van der Waals surface area contributed by atoms with E-state index in [1.807, 2.05) is 24.3 Å². The highest BCUT2D eigenvalue weighted by molar-refractivity contribution is 5.77. The average molecular weight is 276 g/mol. The fourth-order valence-electron chi connectivity index (χ4n) is 1.61. The van der Waals surface area contributed by atoms with Crippen molar-refractivity contribution in [1.29, 1.82) is 0 Å². The summed E-state index contributed by atoms with van der Waals surface area (Å²) in [6.07, 6.45) is 0.554. The zero-order valence-corrected chi connectivity index (χ0v) is 11.1. The fraction of sp³-hybridized carbons (Fsp3) is 0.308. The molecule has 2 aromatic rings. The second kappa shape index (κ2) is 6.67. The van der Waals surface area contributed by atoms with Gasteiger partial charge in [-0.2, -0.15) is 4.98 Å². The molecule has 2 rings (SSSR count). The number of nitrogens with zero attached hydrogens (tertiary/aromatic N) is 2. The fourth-order valence-corrected chi connectivity index (χ4v) is 1.61. The molecule has 7 heteroatoms. The van der Waals surface area contributed by atoms with Gasteiger partial charge in [-0.05, 0) is 17.7 Å². The topological polar surface area (TPSA) is 103 Å². The lowest BCUT2D eigenvalue weighted by Gasteiger charge is -2.00. The van der Waals surface area contributed by atoms with Crippen molar-refractivity contribution in [1.82, 2.24) is 15.5 Å². The van der Waals surface area contributed by atoms with Gasteiger partial charge in [0, 0.05) is 6.42 Å². The molecule has 0 aliphatic rings. The van der Waals surface area contributed by atoms with Crippen LogP contribution in [-0.2, 0) is 17.8 Å². The summed E-state index contributed by atoms with van der Waals surface area (Å²) < 4.78 is 10.1. The predicted octanol–water partition coefficient (Wildman–Crippen LogP) is 0.244. The Hall–Kier alpha value is -2.41. The summed E-state index contributed by atoms with van der Waals surface area (Å²) in [5.41, 5.74) is 6.22. The molecular weight excluding hydrogens is 260 g/mol. The van der Waals surface area contributed by atoms with Gasteiger partial charge in [-0.15, -0.1) is 0 Å². The molecule has 20 heavy (non-hydrogen) atoms. The highest BCUT2D eigenvalue weighted by atomic mass is 16.5. The van der Waals surface area contributed by atoms with Crippen molar-refractivity contribution >= 4 is 5.91 Å². The van der Waals surface area contributed by atoms with Crippen molar-refractivity contribution in [3.05, 3.63) is 41.5 Å². The lowest BCUT2D eigenvalue weighted by atomic mass is 10.1. The zero-order valence-electron chi connectivity index (χ0n) is 11.1. The molecule has 0 saturated carbocycles. The Morgan fingerprint density at radius 2 is 2.15 bits per heavy atom. The summed E-state index contributed by atoms with van der Waals surface area (Å²) in [6.45, 7) is 0.124. The summed E-state index contributed by atoms with van der Waals surface area (Å²) >= 11 is 0. The van der Waals surface area contributed by atoms with E-state index in [9.17, 15) is 4.79 Å². The van der Waals surface area contributed by atoms with E-state index < -0.39 is 0 Å². The summed E-state index contributed by atoms with van der Waals surface area (Å²) in [7, 11) is 1.62. The first-order chi connectivity index (χ1) is 9.71. The van der Waals surface area contributed by atoms with Crippen LogP contribution in [0.5, 0.6) is 5.75 Å². The number of hydrogen-bond acceptors (Lipinski definition) is 6. The number of aromatic nitrogens is 2. The van der Waals surface area contributed by atoms with E-state index in [0.29, 0.717) is 18.1 Å². The van der Waals surface area contributed by atoms with Crippen LogP contribution in [0.2, 0.25) is 0 Å². The summed E-state index contributed by atoms with van der Waals surface area (Å²) in [4.78, 5) is 15.2. The number of carbonyl (C=O) groups excluding carboxylic acids is 1. The molecule has 1 aromatic carbocycles. The molecule has 0 unspecified atom stereocenters. The molecule has 7 nitrogen and oxygen atoms in total. The van der Waals surface area contributed by atoms with Gasteiger partial charge in [-0.25, -0.2) is 0 Å². The first kappa shape index (κ1) is 14.0. The van der Waals surface area contributed by atoms with E-state index >= 15 is 0 Å². The van der Waals surface area contributed by atoms with Gasteiger partial charge in [0.1, 0.15) is 5.75 Å². The maximum atomic E-state index is 11.0. The van der Waals surface area contributed by atoms with Crippen LogP contribution in [0, 0.1) is 0 Å². The number of benzene rings is 1. The van der Waals surface area contributed by atoms with Gasteiger partial charge in [0.05, 0.1) is 20.2 Å². The second-order valence-corrected chi connectivity index (χ2v) is 4.11. The summed E-state index contributed by atoms with van der Waals surface area (Å²) in [5, 5.41) is 6.42. The van der Waals surface area contributed by atoms with Crippen LogP contribution < -0.4 is 15.8 Å². The lowest BCUT2D eigenvalue weighted by Crippen LogP contribution is -2.29. The number of amides is 1. The van der Waals surface area contributed by atoms with Crippen molar-refractivity contribution in [3.8, 4) is 5.75 Å². The third-order valence-corrected chi connectivity index (χ3v) is 2.65. The molecule has 0 fully saturated rings. The van der Waals surface area contributed by atoms with Gasteiger partial charge in [0.15, 0.2) is 5.82 Å². The van der Waals surface area contributed by atoms with E-state index in [4.69, 9.17) is 15.0 Å². The number of nitrogens with two attached hydrogens (primary N) is 1. The maximum absolute atomic E-state index is 11.0. The molecule has 0 radical (unpaired) electrons. The Kier molecular flexibility index (Phi) is 4.67. The standard InChI is InChI=1S/C13H16N4O3/c1-19-10-4-2-9(3-5-10)6-11-16-13(20-17-11)8-15-12(18)7-14/h2-5H,6-8,14H2,1H3,(H,15,18). The molecule has 1 amide bonds. The Balaban J connectivity index is 1.93. The highest BCUT2D eigenvalue weighted by Gasteiger charge is 2.08. The second-order valence-electron chi connectivity index (χ2n) is 4.11. The zero-order chi connectivity index (χ0) is 14.4. The summed E-state index contributed by atoms with van der Waals surface area (Å²) in [5.74, 6) is 1.45. The van der Waals surface area contributed by atoms with Crippen molar-refractivity contribution in [2.75, 3.05) is 13.7 Å². The SMILES string of the molecule is COc1ccc(Cc2noc(CNC(=O)CN)n2)cc1. The van der Waals surface area contributed by atoms with Crippen molar-refractivity contribution in [2.45, 2.75) is 13.0 Å². The molecule has 0 aliphatic heterocycles. The van der Waals surface area contributed by atoms with E-state index in [0.717, 1.165) is 11.3 Å². The highest BCUT2D eigenvalue weighted by Crippen LogP contribution is 2.13. The van der Waals surface area contributed by atoms with Gasteiger partial charge < -0.3 is 20.3 Å². The molecule has 0 spiro atoms. The van der Waals surface area contributed by atoms with Gasteiger partial charge in [0.2, 0.25) is 11.8 Å². The van der Waals surface area contributed by atoms with Crippen molar-refractivity contribution in [2.24, 2.45) is 5.73 Å². The van der Waals surface area contributed by atoms with Gasteiger partial charge >= 0.3 is 0 Å². The molecule has 106 valence electrons. The Bertz CT molecular complexity index is 565. The smallest absolute Gasteiger partial charge is 0.246 e. The molecule has 3 N–H and O–H groups in total. The molecule has 1 heterocycles. The Morgan fingerprint density at radius 1 is 1.40 bits per heavy atom. The van der Waals surface area contributed by atoms with Gasteiger partial charge in [-0.1, -0.05) is 17.3 Å². The van der Waals surface area contributed by atoms with Crippen LogP contribution in [0.25, 0.3) is 0 Å². The van der Waals surface area contributed by atoms with Crippen LogP contribution >= 0.6 is 0 Å². The minimum atomic E-state index is -0.264. The Labute approximate surface area is 116 Å². The number of nitrogens with one attached hydrogen (secondary N) is 1. The quantitative estimate of drug-likeness (QED) is 0.783. The normalized spacial score (nSPS) is 10.3. The lowest BCUT2D eigenvalue weighted by molar-refractivity contribution is -0.120. The van der Waals surface area contributed by atoms with E-state index in [1.54, 1.807) is 7.11 Å². The van der Waals surface area contributed by atoms with Gasteiger partial charge in [-0.3, -0.25) is 4.79 Å². The number of methoxy groups -OCH3 is 1. The van der Waals surface area contributed by atoms with Crippen LogP contribution in [0.15, 0.2) is 28.8 Å². The first-order valence-corrected chi connectivity index (χ1v) is 6.12. The largest absolute Gasteiger partial charge is 0.497 e. The number of carbonyl (C=O) groups is 1. The number of hydrogen-bond donors (Lipinski definition) is 2. The third-order valence-electron chi connectivity index (χ3n) is 2.65. The molecule has 0 aliphatic carbocycles. The molecule has 0 bridgehead atoms. The molecule has 0 atom stereocenters. The molecule has 0 saturated heterocycles. The first-order valence-electron chi connectivity index (χ1n) is 6.12. The van der Waals surface area contributed by atoms with Crippen LogP contribution in [0.4, 0.5) is 0 Å². The van der Waals surface area contributed by atoms with E-state index in [2.05, 4.69) is 15.5 Å². The van der Waals surface area contributed by atoms with Crippen molar-refractivity contribution < 1.29 is 14.1 Å². The monoisotopic (exact) mass is 276 g/mol. The minimum Gasteiger partial charge on any atom is -0.497 e. The van der Waals surface area contributed by atoms with Crippen molar-refractivity contribution in [3.63, 3.8) is 0 Å². The van der Waals surface area contributed by atoms with Crippen LogP contribution in [0.1, 0.15) is 17.3 Å². The average Bonchev–Trinajstić information content (AvgIpc) is 2.93.